The Morgan fingerprint density at radius 3 is 2.18 bits per heavy atom. The highest BCUT2D eigenvalue weighted by molar-refractivity contribution is 6.33. The fourth-order valence-corrected chi connectivity index (χ4v) is 3.80. The van der Waals surface area contributed by atoms with Crippen molar-refractivity contribution in [3.63, 3.8) is 0 Å². The van der Waals surface area contributed by atoms with E-state index in [0.717, 1.165) is 16.8 Å². The SMILES string of the molecule is COC(=O)[C@@H]1[C@@H](c2ccccc2)C(c2ccccc2)=NN1c1ccccc1Cl. The number of rotatable bonds is 4. The average molecular weight is 391 g/mol. The lowest BCUT2D eigenvalue weighted by molar-refractivity contribution is -0.142. The summed E-state index contributed by atoms with van der Waals surface area (Å²) in [5.74, 6) is -0.643. The topological polar surface area (TPSA) is 41.9 Å². The van der Waals surface area contributed by atoms with Gasteiger partial charge in [0.1, 0.15) is 0 Å². The lowest BCUT2D eigenvalue weighted by Crippen LogP contribution is -2.40. The monoisotopic (exact) mass is 390 g/mol. The van der Waals surface area contributed by atoms with Crippen LogP contribution in [0.2, 0.25) is 5.02 Å². The number of hydrogen-bond acceptors (Lipinski definition) is 4. The zero-order valence-electron chi connectivity index (χ0n) is 15.3. The summed E-state index contributed by atoms with van der Waals surface area (Å²) in [7, 11) is 1.40. The molecule has 1 heterocycles. The molecule has 0 aromatic heterocycles. The quantitative estimate of drug-likeness (QED) is 0.595. The Hall–Kier alpha value is -3.11. The molecule has 3 aromatic carbocycles. The summed E-state index contributed by atoms with van der Waals surface area (Å²) in [6.45, 7) is 0. The van der Waals surface area contributed by atoms with Gasteiger partial charge in [0.15, 0.2) is 6.04 Å². The summed E-state index contributed by atoms with van der Waals surface area (Å²) in [4.78, 5) is 12.9. The van der Waals surface area contributed by atoms with E-state index < -0.39 is 6.04 Å². The van der Waals surface area contributed by atoms with Crippen molar-refractivity contribution in [3.8, 4) is 0 Å². The first-order chi connectivity index (χ1) is 13.7. The molecule has 0 saturated heterocycles. The molecular formula is C23H19ClN2O2. The van der Waals surface area contributed by atoms with Crippen molar-refractivity contribution in [2.24, 2.45) is 5.10 Å². The Bertz CT molecular complexity index is 1010. The van der Waals surface area contributed by atoms with E-state index in [4.69, 9.17) is 21.4 Å². The molecule has 140 valence electrons. The molecule has 0 radical (unpaired) electrons. The first kappa shape index (κ1) is 18.3. The zero-order chi connectivity index (χ0) is 19.5. The van der Waals surface area contributed by atoms with Crippen LogP contribution in [0.15, 0.2) is 90.0 Å². The van der Waals surface area contributed by atoms with E-state index in [0.29, 0.717) is 10.7 Å². The molecule has 3 aromatic rings. The minimum absolute atomic E-state index is 0.285. The number of anilines is 1. The largest absolute Gasteiger partial charge is 0.467 e. The van der Waals surface area contributed by atoms with Crippen molar-refractivity contribution in [2.75, 3.05) is 12.1 Å². The van der Waals surface area contributed by atoms with E-state index in [1.807, 2.05) is 78.9 Å². The van der Waals surface area contributed by atoms with Crippen LogP contribution in [-0.2, 0) is 9.53 Å². The second-order valence-electron chi connectivity index (χ2n) is 6.50. The smallest absolute Gasteiger partial charge is 0.331 e. The van der Waals surface area contributed by atoms with E-state index >= 15 is 0 Å². The van der Waals surface area contributed by atoms with E-state index in [1.165, 1.54) is 7.11 Å². The molecule has 1 aliphatic rings. The molecule has 28 heavy (non-hydrogen) atoms. The highest BCUT2D eigenvalue weighted by Crippen LogP contribution is 2.40. The van der Waals surface area contributed by atoms with Crippen molar-refractivity contribution in [1.29, 1.82) is 0 Å². The normalized spacial score (nSPS) is 18.6. The summed E-state index contributed by atoms with van der Waals surface area (Å²) in [5.41, 5.74) is 3.43. The highest BCUT2D eigenvalue weighted by Gasteiger charge is 2.45. The third-order valence-electron chi connectivity index (χ3n) is 4.86. The number of hydrogen-bond donors (Lipinski definition) is 0. The Balaban J connectivity index is 1.92. The van der Waals surface area contributed by atoms with Gasteiger partial charge in [-0.15, -0.1) is 0 Å². The van der Waals surface area contributed by atoms with Gasteiger partial charge < -0.3 is 4.74 Å². The standard InChI is InChI=1S/C23H19ClN2O2/c1-28-23(27)22-20(16-10-4-2-5-11-16)21(17-12-6-3-7-13-17)25-26(22)19-15-9-8-14-18(19)24/h2-15,20,22H,1H3/t20-,22-/m0/s1. The zero-order valence-corrected chi connectivity index (χ0v) is 16.1. The van der Waals surface area contributed by atoms with Gasteiger partial charge in [-0.25, -0.2) is 9.80 Å². The van der Waals surface area contributed by atoms with E-state index in [1.54, 1.807) is 11.1 Å². The predicted octanol–water partition coefficient (Wildman–Crippen LogP) is 4.89. The van der Waals surface area contributed by atoms with Crippen LogP contribution in [0.4, 0.5) is 5.69 Å². The summed E-state index contributed by atoms with van der Waals surface area (Å²) >= 11 is 6.44. The lowest BCUT2D eigenvalue weighted by Gasteiger charge is -2.26. The summed E-state index contributed by atoms with van der Waals surface area (Å²) in [5, 5.41) is 7.08. The molecule has 0 bridgehead atoms. The van der Waals surface area contributed by atoms with E-state index in [2.05, 4.69) is 0 Å². The molecule has 4 rings (SSSR count). The second-order valence-corrected chi connectivity index (χ2v) is 6.91. The van der Waals surface area contributed by atoms with Crippen LogP contribution < -0.4 is 5.01 Å². The number of para-hydroxylation sites is 1. The fraction of sp³-hybridized carbons (Fsp3) is 0.130. The first-order valence-corrected chi connectivity index (χ1v) is 9.39. The minimum Gasteiger partial charge on any atom is -0.467 e. The number of carbonyl (C=O) groups is 1. The maximum absolute atomic E-state index is 12.9. The lowest BCUT2D eigenvalue weighted by atomic mass is 9.85. The minimum atomic E-state index is -0.650. The van der Waals surface area contributed by atoms with Gasteiger partial charge in [0.25, 0.3) is 0 Å². The number of esters is 1. The van der Waals surface area contributed by atoms with Crippen LogP contribution in [0.3, 0.4) is 0 Å². The molecule has 0 N–H and O–H groups in total. The maximum Gasteiger partial charge on any atom is 0.331 e. The molecule has 2 atom stereocenters. The highest BCUT2D eigenvalue weighted by atomic mass is 35.5. The molecule has 0 saturated carbocycles. The van der Waals surface area contributed by atoms with Crippen LogP contribution in [-0.4, -0.2) is 24.8 Å². The number of hydrazone groups is 1. The molecule has 1 aliphatic heterocycles. The Morgan fingerprint density at radius 2 is 1.54 bits per heavy atom. The average Bonchev–Trinajstić information content (AvgIpc) is 3.15. The van der Waals surface area contributed by atoms with Gasteiger partial charge in [-0.2, -0.15) is 5.10 Å². The van der Waals surface area contributed by atoms with Crippen molar-refractivity contribution >= 4 is 29.0 Å². The van der Waals surface area contributed by atoms with E-state index in [9.17, 15) is 4.79 Å². The molecule has 0 amide bonds. The van der Waals surface area contributed by atoms with Crippen molar-refractivity contribution in [3.05, 3.63) is 101 Å². The number of ether oxygens (including phenoxy) is 1. The molecule has 0 fully saturated rings. The second kappa shape index (κ2) is 7.87. The fourth-order valence-electron chi connectivity index (χ4n) is 3.58. The van der Waals surface area contributed by atoms with Crippen LogP contribution in [0.25, 0.3) is 0 Å². The molecule has 5 heteroatoms. The number of nitrogens with zero attached hydrogens (tertiary/aromatic N) is 2. The van der Waals surface area contributed by atoms with E-state index in [-0.39, 0.29) is 11.9 Å². The van der Waals surface area contributed by atoms with Crippen molar-refractivity contribution < 1.29 is 9.53 Å². The first-order valence-electron chi connectivity index (χ1n) is 9.01. The summed E-state index contributed by atoms with van der Waals surface area (Å²) in [6, 6.07) is 26.5. The van der Waals surface area contributed by atoms with Crippen LogP contribution in [0.5, 0.6) is 0 Å². The third-order valence-corrected chi connectivity index (χ3v) is 5.18. The number of benzene rings is 3. The van der Waals surface area contributed by atoms with Crippen molar-refractivity contribution in [1.82, 2.24) is 0 Å². The molecule has 4 nitrogen and oxygen atoms in total. The summed E-state index contributed by atoms with van der Waals surface area (Å²) < 4.78 is 5.16. The van der Waals surface area contributed by atoms with Gasteiger partial charge in [0, 0.05) is 0 Å². The maximum atomic E-state index is 12.9. The number of carbonyl (C=O) groups excluding carboxylic acids is 1. The van der Waals surface area contributed by atoms with Gasteiger partial charge in [-0.3, -0.25) is 0 Å². The van der Waals surface area contributed by atoms with Crippen LogP contribution in [0, 0.1) is 0 Å². The molecular weight excluding hydrogens is 372 g/mol. The summed E-state index contributed by atoms with van der Waals surface area (Å²) in [6.07, 6.45) is 0. The van der Waals surface area contributed by atoms with Crippen LogP contribution in [0.1, 0.15) is 17.0 Å². The van der Waals surface area contributed by atoms with Gasteiger partial charge in [0.2, 0.25) is 0 Å². The Morgan fingerprint density at radius 1 is 0.929 bits per heavy atom. The van der Waals surface area contributed by atoms with Gasteiger partial charge in [0.05, 0.1) is 29.4 Å². The van der Waals surface area contributed by atoms with Crippen molar-refractivity contribution in [2.45, 2.75) is 12.0 Å². The molecule has 0 spiro atoms. The Labute approximate surface area is 169 Å². The molecule has 0 unspecified atom stereocenters. The van der Waals surface area contributed by atoms with Gasteiger partial charge in [-0.1, -0.05) is 84.4 Å². The Kier molecular flexibility index (Phi) is 5.13. The van der Waals surface area contributed by atoms with Gasteiger partial charge in [-0.05, 0) is 23.3 Å². The van der Waals surface area contributed by atoms with Gasteiger partial charge >= 0.3 is 5.97 Å². The number of methoxy groups -OCH3 is 1. The van der Waals surface area contributed by atoms with Crippen LogP contribution >= 0.6 is 11.6 Å². The predicted molar refractivity (Wildman–Crippen MR) is 112 cm³/mol. The molecule has 0 aliphatic carbocycles. The third kappa shape index (κ3) is 3.27. The number of halogens is 1.